The van der Waals surface area contributed by atoms with Gasteiger partial charge in [-0.1, -0.05) is 0 Å². The third-order valence-electron chi connectivity index (χ3n) is 2.00. The van der Waals surface area contributed by atoms with Gasteiger partial charge in [0.15, 0.2) is 4.73 Å². The molecular weight excluding hydrogens is 268 g/mol. The van der Waals surface area contributed by atoms with Crippen molar-refractivity contribution in [3.63, 3.8) is 0 Å². The van der Waals surface area contributed by atoms with E-state index in [0.29, 0.717) is 10.3 Å². The predicted molar refractivity (Wildman–Crippen MR) is 53.5 cm³/mol. The van der Waals surface area contributed by atoms with E-state index < -0.39 is 6.43 Å². The zero-order valence-corrected chi connectivity index (χ0v) is 8.85. The van der Waals surface area contributed by atoms with E-state index in [0.717, 1.165) is 0 Å². The maximum atomic E-state index is 12.5. The summed E-state index contributed by atoms with van der Waals surface area (Å²) >= 11 is 3.09. The van der Waals surface area contributed by atoms with Gasteiger partial charge in [0.25, 0.3) is 6.43 Å². The summed E-state index contributed by atoms with van der Waals surface area (Å²) in [5.74, 6) is 0. The average molecular weight is 272 g/mol. The van der Waals surface area contributed by atoms with Crippen LogP contribution in [-0.4, -0.2) is 9.97 Å². The second-order valence-electron chi connectivity index (χ2n) is 2.87. The second kappa shape index (κ2) is 3.59. The molecule has 0 aliphatic carbocycles. The lowest BCUT2D eigenvalue weighted by molar-refractivity contribution is 0.151. The van der Waals surface area contributed by atoms with Crippen LogP contribution in [0.25, 0.3) is 11.0 Å². The summed E-state index contributed by atoms with van der Waals surface area (Å²) in [5.41, 5.74) is 0.457. The minimum absolute atomic E-state index is 0.0792. The first-order valence-corrected chi connectivity index (χ1v) is 4.79. The number of aromatic amines is 1. The highest BCUT2D eigenvalue weighted by Gasteiger charge is 2.17. The molecule has 0 spiro atoms. The first-order valence-electron chi connectivity index (χ1n) is 4.00. The number of imidazole rings is 1. The summed E-state index contributed by atoms with van der Waals surface area (Å²) in [6.45, 7) is 0. The van der Waals surface area contributed by atoms with Crippen LogP contribution in [0.4, 0.5) is 8.78 Å². The molecule has 0 fully saturated rings. The van der Waals surface area contributed by atoms with E-state index in [9.17, 15) is 8.78 Å². The normalized spacial score (nSPS) is 10.9. The Morgan fingerprint density at radius 3 is 2.80 bits per heavy atom. The fourth-order valence-corrected chi connectivity index (χ4v) is 1.75. The molecule has 76 valence electrons. The van der Waals surface area contributed by atoms with Gasteiger partial charge in [-0.3, -0.25) is 0 Å². The largest absolute Gasteiger partial charge is 0.332 e. The molecule has 0 radical (unpaired) electrons. The molecule has 0 aliphatic heterocycles. The number of alkyl halides is 2. The highest BCUT2D eigenvalue weighted by molar-refractivity contribution is 9.10. The van der Waals surface area contributed by atoms with E-state index in [4.69, 9.17) is 5.26 Å². The maximum absolute atomic E-state index is 12.5. The molecule has 2 aromatic rings. The fraction of sp³-hybridized carbons (Fsp3) is 0.111. The van der Waals surface area contributed by atoms with Gasteiger partial charge in [-0.25, -0.2) is 13.8 Å². The lowest BCUT2D eigenvalue weighted by atomic mass is 10.1. The molecule has 0 amide bonds. The zero-order valence-electron chi connectivity index (χ0n) is 7.26. The third kappa shape index (κ3) is 1.59. The van der Waals surface area contributed by atoms with Crippen molar-refractivity contribution in [2.75, 3.05) is 0 Å². The van der Waals surface area contributed by atoms with Crippen molar-refractivity contribution in [2.45, 2.75) is 6.43 Å². The molecule has 1 N–H and O–H groups in total. The summed E-state index contributed by atoms with van der Waals surface area (Å²) in [4.78, 5) is 6.74. The topological polar surface area (TPSA) is 52.5 Å². The molecule has 0 atom stereocenters. The van der Waals surface area contributed by atoms with Gasteiger partial charge in [0.05, 0.1) is 11.1 Å². The molecule has 6 heteroatoms. The summed E-state index contributed by atoms with van der Waals surface area (Å²) in [7, 11) is 0. The van der Waals surface area contributed by atoms with E-state index in [1.807, 2.05) is 0 Å². The van der Waals surface area contributed by atoms with Crippen LogP contribution in [0.1, 0.15) is 17.6 Å². The third-order valence-corrected chi connectivity index (χ3v) is 2.38. The van der Waals surface area contributed by atoms with Gasteiger partial charge in [-0.2, -0.15) is 5.26 Å². The van der Waals surface area contributed by atoms with Crippen LogP contribution in [0, 0.1) is 11.3 Å². The number of nitrogens with zero attached hydrogens (tertiary/aromatic N) is 2. The van der Waals surface area contributed by atoms with Crippen molar-refractivity contribution in [1.82, 2.24) is 9.97 Å². The number of fused-ring (bicyclic) bond motifs is 1. The molecule has 1 aromatic heterocycles. The Morgan fingerprint density at radius 1 is 1.47 bits per heavy atom. The number of nitrogens with one attached hydrogen (secondary N) is 1. The average Bonchev–Trinajstić information content (AvgIpc) is 2.55. The number of hydrogen-bond donors (Lipinski definition) is 1. The molecule has 3 nitrogen and oxygen atoms in total. The monoisotopic (exact) mass is 271 g/mol. The maximum Gasteiger partial charge on any atom is 0.265 e. The number of H-pyrrole nitrogens is 1. The lowest BCUT2D eigenvalue weighted by Gasteiger charge is -2.01. The minimum atomic E-state index is -2.67. The van der Waals surface area contributed by atoms with Crippen LogP contribution in [0.2, 0.25) is 0 Å². The van der Waals surface area contributed by atoms with Gasteiger partial charge >= 0.3 is 0 Å². The van der Waals surface area contributed by atoms with Crippen LogP contribution >= 0.6 is 15.9 Å². The Hall–Kier alpha value is -1.48. The Labute approximate surface area is 91.9 Å². The van der Waals surface area contributed by atoms with Crippen molar-refractivity contribution in [3.05, 3.63) is 28.0 Å². The van der Waals surface area contributed by atoms with Crippen LogP contribution in [0.5, 0.6) is 0 Å². The first kappa shape index (κ1) is 10.1. The highest BCUT2D eigenvalue weighted by Crippen LogP contribution is 2.28. The standard InChI is InChI=1S/C9H4BrF2N3/c10-9-14-6-2-1-4(8(11)12)5(3-13)7(6)15-9/h1-2,8H,(H,14,15). The molecule has 1 heterocycles. The number of aromatic nitrogens is 2. The molecule has 15 heavy (non-hydrogen) atoms. The van der Waals surface area contributed by atoms with Crippen molar-refractivity contribution < 1.29 is 8.78 Å². The molecule has 0 saturated carbocycles. The number of hydrogen-bond acceptors (Lipinski definition) is 2. The highest BCUT2D eigenvalue weighted by atomic mass is 79.9. The Morgan fingerprint density at radius 2 is 2.20 bits per heavy atom. The Bertz CT molecular complexity index is 556. The van der Waals surface area contributed by atoms with Gasteiger partial charge in [-0.15, -0.1) is 0 Å². The van der Waals surface area contributed by atoms with Crippen molar-refractivity contribution in [3.8, 4) is 6.07 Å². The van der Waals surface area contributed by atoms with Crippen molar-refractivity contribution >= 4 is 27.0 Å². The molecule has 0 bridgehead atoms. The van der Waals surface area contributed by atoms with E-state index >= 15 is 0 Å². The number of halogens is 3. The van der Waals surface area contributed by atoms with E-state index in [2.05, 4.69) is 25.9 Å². The van der Waals surface area contributed by atoms with Gasteiger partial charge in [-0.05, 0) is 28.1 Å². The van der Waals surface area contributed by atoms with E-state index in [1.54, 1.807) is 6.07 Å². The van der Waals surface area contributed by atoms with Crippen LogP contribution in [-0.2, 0) is 0 Å². The molecular formula is C9H4BrF2N3. The molecule has 0 saturated heterocycles. The SMILES string of the molecule is N#Cc1c(C(F)F)ccc2[nH]c(Br)nc12. The van der Waals surface area contributed by atoms with E-state index in [1.165, 1.54) is 12.1 Å². The number of nitriles is 1. The van der Waals surface area contributed by atoms with Gasteiger partial charge < -0.3 is 4.98 Å². The predicted octanol–water partition coefficient (Wildman–Crippen LogP) is 3.13. The lowest BCUT2D eigenvalue weighted by Crippen LogP contribution is -1.91. The molecule has 2 rings (SSSR count). The fourth-order valence-electron chi connectivity index (χ4n) is 1.36. The summed E-state index contributed by atoms with van der Waals surface area (Å²) < 4.78 is 25.5. The Balaban J connectivity index is 2.82. The number of benzene rings is 1. The quantitative estimate of drug-likeness (QED) is 0.866. The van der Waals surface area contributed by atoms with Crippen molar-refractivity contribution in [1.29, 1.82) is 5.26 Å². The minimum Gasteiger partial charge on any atom is -0.332 e. The van der Waals surface area contributed by atoms with Gasteiger partial charge in [0.2, 0.25) is 0 Å². The molecule has 1 aromatic carbocycles. The summed E-state index contributed by atoms with van der Waals surface area (Å²) in [6.07, 6.45) is -2.67. The van der Waals surface area contributed by atoms with E-state index in [-0.39, 0.29) is 16.6 Å². The molecule has 0 aliphatic rings. The number of rotatable bonds is 1. The Kier molecular flexibility index (Phi) is 2.40. The first-order chi connectivity index (χ1) is 7.13. The van der Waals surface area contributed by atoms with Crippen LogP contribution < -0.4 is 0 Å². The summed E-state index contributed by atoms with van der Waals surface area (Å²) in [6, 6.07) is 4.46. The summed E-state index contributed by atoms with van der Waals surface area (Å²) in [5, 5.41) is 8.82. The van der Waals surface area contributed by atoms with Crippen molar-refractivity contribution in [2.24, 2.45) is 0 Å². The molecule has 0 unspecified atom stereocenters. The van der Waals surface area contributed by atoms with Gasteiger partial charge in [0.1, 0.15) is 11.6 Å². The van der Waals surface area contributed by atoms with Crippen LogP contribution in [0.15, 0.2) is 16.9 Å². The zero-order chi connectivity index (χ0) is 11.0. The smallest absolute Gasteiger partial charge is 0.265 e. The van der Waals surface area contributed by atoms with Gasteiger partial charge in [0, 0.05) is 5.56 Å². The second-order valence-corrected chi connectivity index (χ2v) is 3.62. The van der Waals surface area contributed by atoms with Crippen LogP contribution in [0.3, 0.4) is 0 Å².